The van der Waals surface area contributed by atoms with Crippen LogP contribution < -0.4 is 10.6 Å². The van der Waals surface area contributed by atoms with Gasteiger partial charge in [-0.15, -0.1) is 0 Å². The van der Waals surface area contributed by atoms with Gasteiger partial charge in [0.2, 0.25) is 0 Å². The third-order valence-corrected chi connectivity index (χ3v) is 3.47. The van der Waals surface area contributed by atoms with E-state index in [0.717, 1.165) is 12.8 Å². The number of carboxylic acid groups (broad SMARTS) is 1. The Kier molecular flexibility index (Phi) is 5.99. The van der Waals surface area contributed by atoms with Crippen molar-refractivity contribution >= 4 is 12.0 Å². The first-order valence-electron chi connectivity index (χ1n) is 6.07. The minimum atomic E-state index is -0.911. The van der Waals surface area contributed by atoms with Crippen molar-refractivity contribution in [2.75, 3.05) is 0 Å². The number of amides is 2. The number of carbonyl (C=O) groups is 2. The first kappa shape index (κ1) is 15.7. The van der Waals surface area contributed by atoms with Gasteiger partial charge < -0.3 is 15.7 Å². The van der Waals surface area contributed by atoms with Crippen molar-refractivity contribution in [2.45, 2.75) is 59.0 Å². The predicted octanol–water partition coefficient (Wildman–Crippen LogP) is 1.97. The summed E-state index contributed by atoms with van der Waals surface area (Å²) >= 11 is 0. The Morgan fingerprint density at radius 2 is 1.71 bits per heavy atom. The van der Waals surface area contributed by atoms with Crippen LogP contribution in [-0.4, -0.2) is 28.7 Å². The average Bonchev–Trinajstić information content (AvgIpc) is 2.27. The molecular formula is C12H24N2O3. The quantitative estimate of drug-likeness (QED) is 0.668. The Labute approximate surface area is 103 Å². The van der Waals surface area contributed by atoms with Gasteiger partial charge in [0, 0.05) is 11.6 Å². The predicted molar refractivity (Wildman–Crippen MR) is 66.9 cm³/mol. The number of carbonyl (C=O) groups excluding carboxylic acids is 1. The first-order chi connectivity index (χ1) is 7.75. The van der Waals surface area contributed by atoms with E-state index in [2.05, 4.69) is 10.6 Å². The van der Waals surface area contributed by atoms with Crippen LogP contribution >= 0.6 is 0 Å². The van der Waals surface area contributed by atoms with Crippen LogP contribution in [0.15, 0.2) is 0 Å². The van der Waals surface area contributed by atoms with Gasteiger partial charge in [0.15, 0.2) is 0 Å². The molecule has 5 heteroatoms. The Morgan fingerprint density at radius 3 is 2.06 bits per heavy atom. The fourth-order valence-corrected chi connectivity index (χ4v) is 1.28. The highest BCUT2D eigenvalue weighted by atomic mass is 16.4. The van der Waals surface area contributed by atoms with Crippen molar-refractivity contribution in [1.82, 2.24) is 10.6 Å². The molecule has 2 unspecified atom stereocenters. The van der Waals surface area contributed by atoms with Crippen molar-refractivity contribution in [3.05, 3.63) is 0 Å². The van der Waals surface area contributed by atoms with E-state index >= 15 is 0 Å². The smallest absolute Gasteiger partial charge is 0.315 e. The molecule has 100 valence electrons. The molecule has 0 aliphatic carbocycles. The van der Waals surface area contributed by atoms with Crippen LogP contribution in [-0.2, 0) is 4.79 Å². The standard InChI is InChI=1S/C12H24N2O3/c1-6-12(5,7-2)14-11(17)13-9(4)8(3)10(15)16/h8-9H,6-7H2,1-5H3,(H,15,16)(H2,13,14,17). The molecule has 0 saturated carbocycles. The molecule has 2 amide bonds. The summed E-state index contributed by atoms with van der Waals surface area (Å²) in [6.45, 7) is 9.25. The van der Waals surface area contributed by atoms with E-state index in [9.17, 15) is 9.59 Å². The van der Waals surface area contributed by atoms with Gasteiger partial charge in [-0.25, -0.2) is 4.79 Å². The Hall–Kier alpha value is -1.26. The second-order valence-corrected chi connectivity index (χ2v) is 4.78. The number of rotatable bonds is 6. The highest BCUT2D eigenvalue weighted by Gasteiger charge is 2.25. The molecule has 0 rings (SSSR count). The van der Waals surface area contributed by atoms with Crippen LogP contribution in [0.25, 0.3) is 0 Å². The summed E-state index contributed by atoms with van der Waals surface area (Å²) in [6, 6.07) is -0.706. The molecule has 0 aromatic rings. The number of aliphatic carboxylic acids is 1. The summed E-state index contributed by atoms with van der Waals surface area (Å²) in [5.41, 5.74) is -0.240. The van der Waals surface area contributed by atoms with Crippen LogP contribution in [0.4, 0.5) is 4.79 Å². The van der Waals surface area contributed by atoms with Crippen LogP contribution in [0.2, 0.25) is 0 Å². The van der Waals surface area contributed by atoms with E-state index in [0.29, 0.717) is 0 Å². The minimum Gasteiger partial charge on any atom is -0.481 e. The molecule has 0 aliphatic rings. The molecule has 0 fully saturated rings. The second kappa shape index (κ2) is 6.47. The molecule has 3 N–H and O–H groups in total. The summed E-state index contributed by atoms with van der Waals surface area (Å²) < 4.78 is 0. The highest BCUT2D eigenvalue weighted by molar-refractivity contribution is 5.77. The first-order valence-corrected chi connectivity index (χ1v) is 6.07. The molecule has 0 bridgehead atoms. The van der Waals surface area contributed by atoms with Gasteiger partial charge >= 0.3 is 12.0 Å². The van der Waals surface area contributed by atoms with E-state index in [1.807, 2.05) is 20.8 Å². The van der Waals surface area contributed by atoms with E-state index in [4.69, 9.17) is 5.11 Å². The fraction of sp³-hybridized carbons (Fsp3) is 0.833. The van der Waals surface area contributed by atoms with E-state index in [1.165, 1.54) is 0 Å². The molecule has 2 atom stereocenters. The molecule has 0 aromatic heterocycles. The number of hydrogen-bond acceptors (Lipinski definition) is 2. The third kappa shape index (κ3) is 5.06. The number of nitrogens with one attached hydrogen (secondary N) is 2. The van der Waals surface area contributed by atoms with Gasteiger partial charge in [0.05, 0.1) is 5.92 Å². The molecule has 0 aliphatic heterocycles. The van der Waals surface area contributed by atoms with Gasteiger partial charge in [-0.05, 0) is 33.6 Å². The van der Waals surface area contributed by atoms with Crippen LogP contribution in [0, 0.1) is 5.92 Å². The SMILES string of the molecule is CCC(C)(CC)NC(=O)NC(C)C(C)C(=O)O. The zero-order valence-corrected chi connectivity index (χ0v) is 11.3. The molecule has 17 heavy (non-hydrogen) atoms. The summed E-state index contributed by atoms with van der Waals surface area (Å²) in [4.78, 5) is 22.4. The molecule has 0 spiro atoms. The van der Waals surface area contributed by atoms with Crippen LogP contribution in [0.1, 0.15) is 47.5 Å². The Morgan fingerprint density at radius 1 is 1.24 bits per heavy atom. The van der Waals surface area contributed by atoms with Crippen LogP contribution in [0.5, 0.6) is 0 Å². The molecule has 0 heterocycles. The maximum absolute atomic E-state index is 11.7. The lowest BCUT2D eigenvalue weighted by Crippen LogP contribution is -2.53. The molecule has 0 radical (unpaired) electrons. The highest BCUT2D eigenvalue weighted by Crippen LogP contribution is 2.13. The third-order valence-electron chi connectivity index (χ3n) is 3.47. The minimum absolute atomic E-state index is 0.240. The van der Waals surface area contributed by atoms with E-state index in [-0.39, 0.29) is 11.6 Å². The maximum atomic E-state index is 11.7. The van der Waals surface area contributed by atoms with Gasteiger partial charge in [0.25, 0.3) is 0 Å². The van der Waals surface area contributed by atoms with Gasteiger partial charge in [-0.3, -0.25) is 4.79 Å². The summed E-state index contributed by atoms with van der Waals surface area (Å²) in [5.74, 6) is -1.51. The molecule has 0 saturated heterocycles. The summed E-state index contributed by atoms with van der Waals surface area (Å²) in [6.07, 6.45) is 1.67. The van der Waals surface area contributed by atoms with Crippen molar-refractivity contribution in [3.8, 4) is 0 Å². The zero-order valence-electron chi connectivity index (χ0n) is 11.3. The molecule has 0 aromatic carbocycles. The Bertz CT molecular complexity index is 275. The number of hydrogen-bond donors (Lipinski definition) is 3. The van der Waals surface area contributed by atoms with E-state index < -0.39 is 17.9 Å². The normalized spacial score (nSPS) is 14.9. The maximum Gasteiger partial charge on any atom is 0.315 e. The zero-order chi connectivity index (χ0) is 13.6. The lowest BCUT2D eigenvalue weighted by Gasteiger charge is -2.29. The molecule has 5 nitrogen and oxygen atoms in total. The van der Waals surface area contributed by atoms with Crippen molar-refractivity contribution in [3.63, 3.8) is 0 Å². The second-order valence-electron chi connectivity index (χ2n) is 4.78. The van der Waals surface area contributed by atoms with Crippen LogP contribution in [0.3, 0.4) is 0 Å². The topological polar surface area (TPSA) is 78.4 Å². The van der Waals surface area contributed by atoms with E-state index in [1.54, 1.807) is 13.8 Å². The Balaban J connectivity index is 4.32. The summed E-state index contributed by atoms with van der Waals surface area (Å²) in [7, 11) is 0. The fourth-order valence-electron chi connectivity index (χ4n) is 1.28. The number of carboxylic acids is 1. The van der Waals surface area contributed by atoms with Crippen molar-refractivity contribution in [2.24, 2.45) is 5.92 Å². The monoisotopic (exact) mass is 244 g/mol. The van der Waals surface area contributed by atoms with Crippen molar-refractivity contribution in [1.29, 1.82) is 0 Å². The lowest BCUT2D eigenvalue weighted by atomic mass is 9.96. The van der Waals surface area contributed by atoms with Gasteiger partial charge in [-0.2, -0.15) is 0 Å². The average molecular weight is 244 g/mol. The lowest BCUT2D eigenvalue weighted by molar-refractivity contribution is -0.141. The number of urea groups is 1. The van der Waals surface area contributed by atoms with Gasteiger partial charge in [-0.1, -0.05) is 13.8 Å². The molecular weight excluding hydrogens is 220 g/mol. The largest absolute Gasteiger partial charge is 0.481 e. The summed E-state index contributed by atoms with van der Waals surface area (Å²) in [5, 5.41) is 14.3. The van der Waals surface area contributed by atoms with Crippen molar-refractivity contribution < 1.29 is 14.7 Å². The van der Waals surface area contributed by atoms with Gasteiger partial charge in [0.1, 0.15) is 0 Å².